The van der Waals surface area contributed by atoms with Crippen molar-refractivity contribution < 1.29 is 4.79 Å². The highest BCUT2D eigenvalue weighted by Crippen LogP contribution is 2.17. The molecular formula is C12H10BrN3OS2. The molecule has 0 aliphatic rings. The molecular weight excluding hydrogens is 346 g/mol. The van der Waals surface area contributed by atoms with Crippen molar-refractivity contribution in [2.24, 2.45) is 0 Å². The molecule has 0 bridgehead atoms. The first-order valence-corrected chi connectivity index (χ1v) is 7.42. The van der Waals surface area contributed by atoms with Gasteiger partial charge in [0.1, 0.15) is 0 Å². The SMILES string of the molecule is Cc1ccc(C(=O)NC(=S)Nc2nccs2)cc1Br. The van der Waals surface area contributed by atoms with Crippen LogP contribution in [-0.2, 0) is 0 Å². The lowest BCUT2D eigenvalue weighted by atomic mass is 10.1. The van der Waals surface area contributed by atoms with Crippen molar-refractivity contribution in [1.82, 2.24) is 10.3 Å². The van der Waals surface area contributed by atoms with Gasteiger partial charge in [0.25, 0.3) is 5.91 Å². The number of aryl methyl sites for hydroxylation is 1. The second-order valence-electron chi connectivity index (χ2n) is 3.71. The van der Waals surface area contributed by atoms with Crippen molar-refractivity contribution in [3.63, 3.8) is 0 Å². The van der Waals surface area contributed by atoms with E-state index in [0.717, 1.165) is 10.0 Å². The van der Waals surface area contributed by atoms with Crippen molar-refractivity contribution in [2.45, 2.75) is 6.92 Å². The minimum Gasteiger partial charge on any atom is -0.308 e. The molecule has 1 amide bonds. The number of halogens is 1. The van der Waals surface area contributed by atoms with Crippen LogP contribution in [0.1, 0.15) is 15.9 Å². The van der Waals surface area contributed by atoms with Crippen molar-refractivity contribution >= 4 is 55.6 Å². The molecule has 1 aromatic carbocycles. The third-order valence-corrected chi connectivity index (χ3v) is 4.06. The van der Waals surface area contributed by atoms with Gasteiger partial charge in [-0.15, -0.1) is 11.3 Å². The summed E-state index contributed by atoms with van der Waals surface area (Å²) in [7, 11) is 0. The van der Waals surface area contributed by atoms with E-state index in [2.05, 4.69) is 31.5 Å². The first-order valence-electron chi connectivity index (χ1n) is 5.34. The average molecular weight is 356 g/mol. The largest absolute Gasteiger partial charge is 0.308 e. The maximum absolute atomic E-state index is 12.0. The summed E-state index contributed by atoms with van der Waals surface area (Å²) in [6.07, 6.45) is 1.66. The summed E-state index contributed by atoms with van der Waals surface area (Å²) in [5, 5.41) is 8.16. The van der Waals surface area contributed by atoms with Gasteiger partial charge in [-0.05, 0) is 36.8 Å². The Morgan fingerprint density at radius 2 is 2.26 bits per heavy atom. The van der Waals surface area contributed by atoms with Crippen molar-refractivity contribution in [2.75, 3.05) is 5.32 Å². The molecule has 0 unspecified atom stereocenters. The van der Waals surface area contributed by atoms with Crippen LogP contribution in [0.25, 0.3) is 0 Å². The third kappa shape index (κ3) is 3.82. The molecule has 4 nitrogen and oxygen atoms in total. The fraction of sp³-hybridized carbons (Fsp3) is 0.0833. The maximum Gasteiger partial charge on any atom is 0.257 e. The Balaban J connectivity index is 2.00. The fourth-order valence-corrected chi connectivity index (χ4v) is 2.49. The number of nitrogens with one attached hydrogen (secondary N) is 2. The molecule has 1 aromatic heterocycles. The average Bonchev–Trinajstić information content (AvgIpc) is 2.85. The van der Waals surface area contributed by atoms with Crippen LogP contribution in [0.4, 0.5) is 5.13 Å². The molecule has 0 saturated carbocycles. The summed E-state index contributed by atoms with van der Waals surface area (Å²) in [4.78, 5) is 16.0. The normalized spacial score (nSPS) is 10.0. The Morgan fingerprint density at radius 3 is 2.89 bits per heavy atom. The minimum absolute atomic E-state index is 0.233. The number of carbonyl (C=O) groups is 1. The molecule has 2 aromatic rings. The molecule has 2 rings (SSSR count). The van der Waals surface area contributed by atoms with Gasteiger partial charge in [-0.25, -0.2) is 4.98 Å². The zero-order valence-corrected chi connectivity index (χ0v) is 13.2. The number of hydrogen-bond donors (Lipinski definition) is 2. The highest BCUT2D eigenvalue weighted by atomic mass is 79.9. The lowest BCUT2D eigenvalue weighted by molar-refractivity contribution is 0.0977. The highest BCUT2D eigenvalue weighted by molar-refractivity contribution is 9.10. The number of aromatic nitrogens is 1. The first-order chi connectivity index (χ1) is 9.06. The van der Waals surface area contributed by atoms with E-state index in [4.69, 9.17) is 12.2 Å². The van der Waals surface area contributed by atoms with E-state index in [-0.39, 0.29) is 11.0 Å². The predicted molar refractivity (Wildman–Crippen MR) is 84.7 cm³/mol. The Morgan fingerprint density at radius 1 is 1.47 bits per heavy atom. The van der Waals surface area contributed by atoms with E-state index in [1.807, 2.05) is 18.4 Å². The van der Waals surface area contributed by atoms with Crippen molar-refractivity contribution in [3.8, 4) is 0 Å². The summed E-state index contributed by atoms with van der Waals surface area (Å²) in [6.45, 7) is 1.96. The number of carbonyl (C=O) groups excluding carboxylic acids is 1. The summed E-state index contributed by atoms with van der Waals surface area (Å²) in [5.74, 6) is -0.255. The molecule has 98 valence electrons. The fourth-order valence-electron chi connectivity index (χ4n) is 1.32. The van der Waals surface area contributed by atoms with Gasteiger partial charge in [0.05, 0.1) is 0 Å². The number of amides is 1. The zero-order chi connectivity index (χ0) is 13.8. The number of benzene rings is 1. The summed E-state index contributed by atoms with van der Waals surface area (Å²) < 4.78 is 0.888. The Labute approximate surface area is 128 Å². The lowest BCUT2D eigenvalue weighted by Crippen LogP contribution is -2.34. The highest BCUT2D eigenvalue weighted by Gasteiger charge is 2.09. The predicted octanol–water partition coefficient (Wildman–Crippen LogP) is 3.34. The van der Waals surface area contributed by atoms with Gasteiger partial charge < -0.3 is 5.32 Å². The monoisotopic (exact) mass is 355 g/mol. The van der Waals surface area contributed by atoms with Crippen molar-refractivity contribution in [1.29, 1.82) is 0 Å². The Kier molecular flexibility index (Phi) is 4.62. The molecule has 0 spiro atoms. The van der Waals surface area contributed by atoms with Gasteiger partial charge in [0.15, 0.2) is 10.2 Å². The molecule has 0 fully saturated rings. The van der Waals surface area contributed by atoms with Crippen molar-refractivity contribution in [3.05, 3.63) is 45.4 Å². The van der Waals surface area contributed by atoms with E-state index < -0.39 is 0 Å². The Hall–Kier alpha value is -1.31. The summed E-state index contributed by atoms with van der Waals surface area (Å²) >= 11 is 9.85. The van der Waals surface area contributed by atoms with Crippen LogP contribution in [0.5, 0.6) is 0 Å². The van der Waals surface area contributed by atoms with Crippen LogP contribution < -0.4 is 10.6 Å². The third-order valence-electron chi connectivity index (χ3n) is 2.31. The van der Waals surface area contributed by atoms with Crippen LogP contribution in [0.15, 0.2) is 34.2 Å². The van der Waals surface area contributed by atoms with E-state index in [9.17, 15) is 4.79 Å². The molecule has 0 atom stereocenters. The lowest BCUT2D eigenvalue weighted by Gasteiger charge is -2.08. The van der Waals surface area contributed by atoms with E-state index in [1.165, 1.54) is 11.3 Å². The standard InChI is InChI=1S/C12H10BrN3OS2/c1-7-2-3-8(6-9(7)13)10(17)15-11(18)16-12-14-4-5-19-12/h2-6H,1H3,(H2,14,15,16,17,18). The second kappa shape index (κ2) is 6.23. The zero-order valence-electron chi connectivity index (χ0n) is 9.94. The van der Waals surface area contributed by atoms with Gasteiger partial charge in [-0.1, -0.05) is 22.0 Å². The number of thiazole rings is 1. The maximum atomic E-state index is 12.0. The summed E-state index contributed by atoms with van der Waals surface area (Å²) in [6, 6.07) is 5.38. The van der Waals surface area contributed by atoms with Crippen LogP contribution in [0.3, 0.4) is 0 Å². The number of anilines is 1. The quantitative estimate of drug-likeness (QED) is 0.811. The van der Waals surface area contributed by atoms with E-state index in [0.29, 0.717) is 10.7 Å². The van der Waals surface area contributed by atoms with Gasteiger partial charge in [0.2, 0.25) is 0 Å². The molecule has 2 N–H and O–H groups in total. The van der Waals surface area contributed by atoms with Gasteiger partial charge >= 0.3 is 0 Å². The van der Waals surface area contributed by atoms with Gasteiger partial charge in [0, 0.05) is 21.6 Å². The Bertz CT molecular complexity index is 613. The number of nitrogens with zero attached hydrogens (tertiary/aromatic N) is 1. The first kappa shape index (κ1) is 14.1. The summed E-state index contributed by atoms with van der Waals surface area (Å²) in [5.41, 5.74) is 1.61. The van der Waals surface area contributed by atoms with Crippen LogP contribution in [-0.4, -0.2) is 16.0 Å². The van der Waals surface area contributed by atoms with E-state index >= 15 is 0 Å². The topological polar surface area (TPSA) is 54.0 Å². The van der Waals surface area contributed by atoms with Gasteiger partial charge in [-0.3, -0.25) is 10.1 Å². The molecule has 1 heterocycles. The minimum atomic E-state index is -0.255. The van der Waals surface area contributed by atoms with Crippen LogP contribution >= 0.6 is 39.5 Å². The molecule has 19 heavy (non-hydrogen) atoms. The smallest absolute Gasteiger partial charge is 0.257 e. The number of rotatable bonds is 2. The van der Waals surface area contributed by atoms with Crippen LogP contribution in [0, 0.1) is 6.92 Å². The molecule has 7 heteroatoms. The molecule has 0 aliphatic heterocycles. The molecule has 0 saturated heterocycles. The number of thiocarbonyl (C=S) groups is 1. The number of hydrogen-bond acceptors (Lipinski definition) is 4. The van der Waals surface area contributed by atoms with Gasteiger partial charge in [-0.2, -0.15) is 0 Å². The molecule has 0 radical (unpaired) electrons. The van der Waals surface area contributed by atoms with E-state index in [1.54, 1.807) is 18.3 Å². The molecule has 0 aliphatic carbocycles. The van der Waals surface area contributed by atoms with Crippen LogP contribution in [0.2, 0.25) is 0 Å². The second-order valence-corrected chi connectivity index (χ2v) is 5.87.